The number of amides is 2. The molecule has 0 aliphatic carbocycles. The van der Waals surface area contributed by atoms with Crippen LogP contribution in [0.4, 0.5) is 0 Å². The summed E-state index contributed by atoms with van der Waals surface area (Å²) in [5, 5.41) is 0. The fourth-order valence-electron chi connectivity index (χ4n) is 1.59. The molecule has 1 atom stereocenters. The molecule has 0 bridgehead atoms. The largest absolute Gasteiger partial charge is 0.269 e. The van der Waals surface area contributed by atoms with Crippen molar-refractivity contribution in [3.8, 4) is 12.3 Å². The minimum absolute atomic E-state index is 0.289. The third kappa shape index (κ3) is 2.65. The lowest BCUT2D eigenvalue weighted by atomic mass is 10.1. The summed E-state index contributed by atoms with van der Waals surface area (Å²) in [7, 11) is 0. The Hall–Kier alpha value is -1.82. The van der Waals surface area contributed by atoms with E-state index in [1.165, 1.54) is 6.08 Å². The first-order valence-corrected chi connectivity index (χ1v) is 5.78. The third-order valence-corrected chi connectivity index (χ3v) is 2.44. The molecule has 0 aromatic rings. The van der Waals surface area contributed by atoms with E-state index in [0.717, 1.165) is 4.90 Å². The van der Waals surface area contributed by atoms with Crippen LogP contribution in [0.25, 0.3) is 0 Å². The van der Waals surface area contributed by atoms with E-state index in [4.69, 9.17) is 6.42 Å². The van der Waals surface area contributed by atoms with Gasteiger partial charge in [-0.05, 0) is 13.3 Å². The van der Waals surface area contributed by atoms with Crippen LogP contribution in [-0.4, -0.2) is 22.8 Å². The van der Waals surface area contributed by atoms with Crippen LogP contribution < -0.4 is 0 Å². The first-order valence-electron chi connectivity index (χ1n) is 5.78. The Morgan fingerprint density at radius 1 is 1.41 bits per heavy atom. The van der Waals surface area contributed by atoms with E-state index in [1.54, 1.807) is 6.92 Å². The Bertz CT molecular complexity index is 399. The summed E-state index contributed by atoms with van der Waals surface area (Å²) in [5.74, 6) is 1.76. The van der Waals surface area contributed by atoms with E-state index in [0.29, 0.717) is 17.6 Å². The molecule has 1 aliphatic heterocycles. The molecule has 3 heteroatoms. The van der Waals surface area contributed by atoms with Gasteiger partial charge in [0.25, 0.3) is 11.8 Å². The zero-order chi connectivity index (χ0) is 13.6. The van der Waals surface area contributed by atoms with Gasteiger partial charge in [0, 0.05) is 11.1 Å². The second-order valence-electron chi connectivity index (χ2n) is 3.27. The molecule has 0 aromatic heterocycles. The Balaban J connectivity index is 0.00000121. The van der Waals surface area contributed by atoms with Crippen molar-refractivity contribution < 1.29 is 9.59 Å². The van der Waals surface area contributed by atoms with Crippen molar-refractivity contribution in [3.05, 3.63) is 23.8 Å². The van der Waals surface area contributed by atoms with Gasteiger partial charge in [0.2, 0.25) is 0 Å². The molecular formula is C14H19NO2. The topological polar surface area (TPSA) is 37.4 Å². The average molecular weight is 233 g/mol. The number of hydrogen-bond acceptors (Lipinski definition) is 2. The summed E-state index contributed by atoms with van der Waals surface area (Å²) >= 11 is 0. The van der Waals surface area contributed by atoms with Crippen molar-refractivity contribution in [3.63, 3.8) is 0 Å². The lowest BCUT2D eigenvalue weighted by Gasteiger charge is -2.18. The van der Waals surface area contributed by atoms with Crippen molar-refractivity contribution in [2.24, 2.45) is 0 Å². The predicted molar refractivity (Wildman–Crippen MR) is 69.0 cm³/mol. The second kappa shape index (κ2) is 6.70. The summed E-state index contributed by atoms with van der Waals surface area (Å²) in [6.45, 7) is 11.0. The van der Waals surface area contributed by atoms with E-state index >= 15 is 0 Å². The summed E-state index contributed by atoms with van der Waals surface area (Å²) in [5.41, 5.74) is 0.877. The molecular weight excluding hydrogens is 214 g/mol. The van der Waals surface area contributed by atoms with Crippen LogP contribution in [0.2, 0.25) is 0 Å². The highest BCUT2D eigenvalue weighted by Gasteiger charge is 2.37. The van der Waals surface area contributed by atoms with Crippen LogP contribution in [0.3, 0.4) is 0 Å². The SMILES string of the molecule is C#CC(C)N1C(=O)C(C=C)=C(CC)C1=O.CC. The van der Waals surface area contributed by atoms with Gasteiger partial charge in [-0.1, -0.05) is 39.3 Å². The van der Waals surface area contributed by atoms with Gasteiger partial charge in [-0.25, -0.2) is 0 Å². The van der Waals surface area contributed by atoms with Gasteiger partial charge < -0.3 is 0 Å². The highest BCUT2D eigenvalue weighted by molar-refractivity contribution is 6.20. The molecule has 1 aliphatic rings. The van der Waals surface area contributed by atoms with Gasteiger partial charge >= 0.3 is 0 Å². The number of hydrogen-bond donors (Lipinski definition) is 0. The lowest BCUT2D eigenvalue weighted by molar-refractivity contribution is -0.138. The lowest BCUT2D eigenvalue weighted by Crippen LogP contribution is -2.38. The molecule has 17 heavy (non-hydrogen) atoms. The van der Waals surface area contributed by atoms with Crippen molar-refractivity contribution in [2.75, 3.05) is 0 Å². The normalized spacial score (nSPS) is 16.3. The fourth-order valence-corrected chi connectivity index (χ4v) is 1.59. The number of nitrogens with zero attached hydrogens (tertiary/aromatic N) is 1. The number of carbonyl (C=O) groups excluding carboxylic acids is 2. The van der Waals surface area contributed by atoms with E-state index in [1.807, 2.05) is 20.8 Å². The molecule has 0 N–H and O–H groups in total. The highest BCUT2D eigenvalue weighted by Crippen LogP contribution is 2.25. The minimum atomic E-state index is -0.510. The van der Waals surface area contributed by atoms with E-state index in [-0.39, 0.29) is 11.8 Å². The molecule has 1 unspecified atom stereocenters. The van der Waals surface area contributed by atoms with Crippen LogP contribution in [-0.2, 0) is 9.59 Å². The van der Waals surface area contributed by atoms with Gasteiger partial charge in [-0.15, -0.1) is 6.42 Å². The molecule has 0 radical (unpaired) electrons. The first kappa shape index (κ1) is 15.2. The second-order valence-corrected chi connectivity index (χ2v) is 3.27. The molecule has 2 amide bonds. The van der Waals surface area contributed by atoms with Gasteiger partial charge in [0.15, 0.2) is 0 Å². The molecule has 92 valence electrons. The molecule has 0 fully saturated rings. The molecule has 1 rings (SSSR count). The maximum absolute atomic E-state index is 11.8. The summed E-state index contributed by atoms with van der Waals surface area (Å²) < 4.78 is 0. The summed E-state index contributed by atoms with van der Waals surface area (Å²) in [6.07, 6.45) is 7.14. The number of imide groups is 1. The summed E-state index contributed by atoms with van der Waals surface area (Å²) in [4.78, 5) is 24.7. The zero-order valence-electron chi connectivity index (χ0n) is 10.9. The Morgan fingerprint density at radius 3 is 2.24 bits per heavy atom. The van der Waals surface area contributed by atoms with Crippen molar-refractivity contribution in [2.45, 2.75) is 40.2 Å². The molecule has 0 saturated carbocycles. The van der Waals surface area contributed by atoms with Crippen molar-refractivity contribution in [1.29, 1.82) is 0 Å². The highest BCUT2D eigenvalue weighted by atomic mass is 16.2. The first-order chi connectivity index (χ1) is 8.08. The molecule has 1 heterocycles. The average Bonchev–Trinajstić information content (AvgIpc) is 2.61. The van der Waals surface area contributed by atoms with E-state index in [9.17, 15) is 9.59 Å². The number of rotatable bonds is 3. The molecule has 3 nitrogen and oxygen atoms in total. The predicted octanol–water partition coefficient (Wildman–Crippen LogP) is 2.30. The maximum atomic E-state index is 11.8. The van der Waals surface area contributed by atoms with Crippen LogP contribution in [0.5, 0.6) is 0 Å². The van der Waals surface area contributed by atoms with Crippen LogP contribution in [0.1, 0.15) is 34.1 Å². The Kier molecular flexibility index (Phi) is 5.98. The number of carbonyl (C=O) groups is 2. The smallest absolute Gasteiger partial charge is 0.262 e. The molecule has 0 saturated heterocycles. The number of terminal acetylenes is 1. The van der Waals surface area contributed by atoms with Gasteiger partial charge in [-0.3, -0.25) is 14.5 Å². The monoisotopic (exact) mass is 233 g/mol. The minimum Gasteiger partial charge on any atom is -0.269 e. The molecule has 0 aromatic carbocycles. The summed E-state index contributed by atoms with van der Waals surface area (Å²) in [6, 6.07) is -0.510. The fraction of sp³-hybridized carbons (Fsp3) is 0.429. The van der Waals surface area contributed by atoms with E-state index < -0.39 is 6.04 Å². The molecule has 0 spiro atoms. The van der Waals surface area contributed by atoms with Crippen molar-refractivity contribution >= 4 is 11.8 Å². The third-order valence-electron chi connectivity index (χ3n) is 2.44. The Labute approximate surface area is 103 Å². The van der Waals surface area contributed by atoms with E-state index in [2.05, 4.69) is 12.5 Å². The van der Waals surface area contributed by atoms with Crippen LogP contribution >= 0.6 is 0 Å². The van der Waals surface area contributed by atoms with Crippen molar-refractivity contribution in [1.82, 2.24) is 4.90 Å². The van der Waals surface area contributed by atoms with Gasteiger partial charge in [0.05, 0.1) is 6.04 Å². The van der Waals surface area contributed by atoms with Gasteiger partial charge in [0.1, 0.15) is 0 Å². The quantitative estimate of drug-likeness (QED) is 0.554. The zero-order valence-corrected chi connectivity index (χ0v) is 10.9. The maximum Gasteiger partial charge on any atom is 0.262 e. The van der Waals surface area contributed by atoms with Gasteiger partial charge in [-0.2, -0.15) is 0 Å². The van der Waals surface area contributed by atoms with Crippen LogP contribution in [0, 0.1) is 12.3 Å². The standard InChI is InChI=1S/C12H13NO2.C2H6/c1-5-8(4)13-11(14)9(6-2)10(7-3)12(13)15;1-2/h1,6,8H,2,7H2,3-4H3;1-2H3. The Morgan fingerprint density at radius 2 is 1.94 bits per heavy atom. The van der Waals surface area contributed by atoms with Crippen LogP contribution in [0.15, 0.2) is 23.8 Å².